The van der Waals surface area contributed by atoms with Gasteiger partial charge >= 0.3 is 0 Å². The van der Waals surface area contributed by atoms with Gasteiger partial charge in [-0.2, -0.15) is 5.10 Å². The Balaban J connectivity index is 1.42. The molecule has 0 saturated carbocycles. The van der Waals surface area contributed by atoms with E-state index in [1.807, 2.05) is 71.5 Å². The predicted octanol–water partition coefficient (Wildman–Crippen LogP) is 4.24. The highest BCUT2D eigenvalue weighted by Crippen LogP contribution is 2.19. The summed E-state index contributed by atoms with van der Waals surface area (Å²) in [6.45, 7) is 2.79. The van der Waals surface area contributed by atoms with Crippen LogP contribution in [0.3, 0.4) is 0 Å². The van der Waals surface area contributed by atoms with Crippen molar-refractivity contribution in [2.45, 2.75) is 31.0 Å². The SMILES string of the molecule is CC(NS(=O)(=O)c1cccc(C(=O)N(C)Cc2cnn(Cc3ccccc3)c2)c1)c1ccccc1. The second kappa shape index (κ2) is 10.7. The van der Waals surface area contributed by atoms with Gasteiger partial charge < -0.3 is 4.90 Å². The van der Waals surface area contributed by atoms with E-state index in [1.54, 1.807) is 37.2 Å². The fourth-order valence-electron chi connectivity index (χ4n) is 3.82. The molecular formula is C27H28N4O3S. The third-order valence-corrected chi connectivity index (χ3v) is 7.20. The molecule has 1 unspecified atom stereocenters. The lowest BCUT2D eigenvalue weighted by atomic mass is 10.1. The number of amides is 1. The molecule has 0 aliphatic carbocycles. The Morgan fingerprint density at radius 3 is 2.37 bits per heavy atom. The molecule has 1 aromatic heterocycles. The molecular weight excluding hydrogens is 460 g/mol. The van der Waals surface area contributed by atoms with E-state index in [2.05, 4.69) is 9.82 Å². The molecule has 7 nitrogen and oxygen atoms in total. The minimum Gasteiger partial charge on any atom is -0.337 e. The summed E-state index contributed by atoms with van der Waals surface area (Å²) < 4.78 is 30.4. The average molecular weight is 489 g/mol. The molecule has 180 valence electrons. The molecule has 0 saturated heterocycles. The first kappa shape index (κ1) is 24.4. The molecule has 1 N–H and O–H groups in total. The number of hydrogen-bond donors (Lipinski definition) is 1. The van der Waals surface area contributed by atoms with Crippen LogP contribution in [0.2, 0.25) is 0 Å². The summed E-state index contributed by atoms with van der Waals surface area (Å²) in [5.41, 5.74) is 3.19. The van der Waals surface area contributed by atoms with Crippen molar-refractivity contribution in [3.05, 3.63) is 120 Å². The van der Waals surface area contributed by atoms with Gasteiger partial charge in [0.15, 0.2) is 0 Å². The van der Waals surface area contributed by atoms with Crippen LogP contribution in [-0.2, 0) is 23.1 Å². The number of nitrogens with zero attached hydrogens (tertiary/aromatic N) is 3. The Kier molecular flexibility index (Phi) is 7.43. The van der Waals surface area contributed by atoms with Crippen LogP contribution in [-0.4, -0.2) is 36.1 Å². The Hall–Kier alpha value is -3.75. The summed E-state index contributed by atoms with van der Waals surface area (Å²) >= 11 is 0. The lowest BCUT2D eigenvalue weighted by molar-refractivity contribution is 0.0785. The van der Waals surface area contributed by atoms with Crippen molar-refractivity contribution in [3.8, 4) is 0 Å². The van der Waals surface area contributed by atoms with E-state index in [0.717, 1.165) is 16.7 Å². The first-order valence-corrected chi connectivity index (χ1v) is 12.8. The predicted molar refractivity (Wildman–Crippen MR) is 135 cm³/mol. The zero-order valence-electron chi connectivity index (χ0n) is 19.7. The summed E-state index contributed by atoms with van der Waals surface area (Å²) in [7, 11) is -2.12. The number of nitrogens with one attached hydrogen (secondary N) is 1. The monoisotopic (exact) mass is 488 g/mol. The van der Waals surface area contributed by atoms with Gasteiger partial charge in [0, 0.05) is 37.0 Å². The van der Waals surface area contributed by atoms with Crippen molar-refractivity contribution < 1.29 is 13.2 Å². The van der Waals surface area contributed by atoms with Crippen LogP contribution in [0.1, 0.15) is 40.0 Å². The largest absolute Gasteiger partial charge is 0.337 e. The maximum absolute atomic E-state index is 13.1. The molecule has 0 aliphatic heterocycles. The smallest absolute Gasteiger partial charge is 0.253 e. The second-order valence-electron chi connectivity index (χ2n) is 8.47. The molecule has 0 fully saturated rings. The Labute approximate surface area is 206 Å². The number of hydrogen-bond acceptors (Lipinski definition) is 4. The van der Waals surface area contributed by atoms with E-state index in [0.29, 0.717) is 18.7 Å². The fraction of sp³-hybridized carbons (Fsp3) is 0.185. The van der Waals surface area contributed by atoms with E-state index < -0.39 is 16.1 Å². The molecule has 1 amide bonds. The molecule has 4 rings (SSSR count). The maximum atomic E-state index is 13.1. The second-order valence-corrected chi connectivity index (χ2v) is 10.2. The van der Waals surface area contributed by atoms with Crippen LogP contribution in [0.5, 0.6) is 0 Å². The zero-order valence-corrected chi connectivity index (χ0v) is 20.5. The van der Waals surface area contributed by atoms with E-state index in [1.165, 1.54) is 12.1 Å². The highest BCUT2D eigenvalue weighted by molar-refractivity contribution is 7.89. The van der Waals surface area contributed by atoms with Crippen LogP contribution in [0.4, 0.5) is 0 Å². The van der Waals surface area contributed by atoms with Crippen molar-refractivity contribution >= 4 is 15.9 Å². The van der Waals surface area contributed by atoms with Crippen molar-refractivity contribution in [3.63, 3.8) is 0 Å². The van der Waals surface area contributed by atoms with E-state index in [9.17, 15) is 13.2 Å². The molecule has 0 spiro atoms. The molecule has 1 heterocycles. The summed E-state index contributed by atoms with van der Waals surface area (Å²) in [6, 6.07) is 25.0. The Morgan fingerprint density at radius 1 is 0.971 bits per heavy atom. The van der Waals surface area contributed by atoms with Crippen molar-refractivity contribution in [1.82, 2.24) is 19.4 Å². The number of rotatable bonds is 9. The van der Waals surface area contributed by atoms with Crippen LogP contribution in [0, 0.1) is 0 Å². The number of sulfonamides is 1. The molecule has 4 aromatic rings. The van der Waals surface area contributed by atoms with Crippen LogP contribution < -0.4 is 4.72 Å². The normalized spacial score (nSPS) is 12.3. The summed E-state index contributed by atoms with van der Waals surface area (Å²) in [6.07, 6.45) is 3.65. The van der Waals surface area contributed by atoms with E-state index >= 15 is 0 Å². The number of benzene rings is 3. The summed E-state index contributed by atoms with van der Waals surface area (Å²) in [4.78, 5) is 14.7. The van der Waals surface area contributed by atoms with Gasteiger partial charge in [0.1, 0.15) is 0 Å². The van der Waals surface area contributed by atoms with Crippen molar-refractivity contribution in [2.75, 3.05) is 7.05 Å². The van der Waals surface area contributed by atoms with Crippen LogP contribution >= 0.6 is 0 Å². The van der Waals surface area contributed by atoms with Crippen molar-refractivity contribution in [1.29, 1.82) is 0 Å². The minimum atomic E-state index is -3.81. The van der Waals surface area contributed by atoms with E-state index in [4.69, 9.17) is 0 Å². The van der Waals surface area contributed by atoms with Gasteiger partial charge in [-0.1, -0.05) is 66.7 Å². The van der Waals surface area contributed by atoms with Crippen LogP contribution in [0.15, 0.2) is 102 Å². The summed E-state index contributed by atoms with van der Waals surface area (Å²) in [5.74, 6) is -0.269. The molecule has 0 radical (unpaired) electrons. The first-order chi connectivity index (χ1) is 16.8. The number of carbonyl (C=O) groups excluding carboxylic acids is 1. The maximum Gasteiger partial charge on any atom is 0.253 e. The summed E-state index contributed by atoms with van der Waals surface area (Å²) in [5, 5.41) is 4.39. The standard InChI is InChI=1S/C27H28N4O3S/c1-21(24-12-7-4-8-13-24)29-35(33,34)26-15-9-14-25(16-26)27(32)30(2)18-23-17-28-31(20-23)19-22-10-5-3-6-11-22/h3-17,20-21,29H,18-19H2,1-2H3. The fourth-order valence-corrected chi connectivity index (χ4v) is 5.10. The van der Waals surface area contributed by atoms with Gasteiger partial charge in [-0.15, -0.1) is 0 Å². The van der Waals surface area contributed by atoms with Crippen molar-refractivity contribution in [2.24, 2.45) is 0 Å². The molecule has 0 aliphatic rings. The highest BCUT2D eigenvalue weighted by Gasteiger charge is 2.21. The highest BCUT2D eigenvalue weighted by atomic mass is 32.2. The topological polar surface area (TPSA) is 84.3 Å². The lowest BCUT2D eigenvalue weighted by Gasteiger charge is -2.18. The average Bonchev–Trinajstić information content (AvgIpc) is 3.31. The molecule has 0 bridgehead atoms. The third-order valence-electron chi connectivity index (χ3n) is 5.66. The Bertz CT molecular complexity index is 1390. The van der Waals surface area contributed by atoms with E-state index in [-0.39, 0.29) is 10.8 Å². The van der Waals surface area contributed by atoms with Gasteiger partial charge in [-0.3, -0.25) is 9.48 Å². The minimum absolute atomic E-state index is 0.0511. The number of aromatic nitrogens is 2. The quantitative estimate of drug-likeness (QED) is 0.382. The Morgan fingerprint density at radius 2 is 1.66 bits per heavy atom. The molecule has 35 heavy (non-hydrogen) atoms. The third kappa shape index (κ3) is 6.23. The van der Waals surface area contributed by atoms with Gasteiger partial charge in [0.25, 0.3) is 5.91 Å². The lowest BCUT2D eigenvalue weighted by Crippen LogP contribution is -2.28. The van der Waals surface area contributed by atoms with Gasteiger partial charge in [-0.25, -0.2) is 13.1 Å². The first-order valence-electron chi connectivity index (χ1n) is 11.3. The van der Waals surface area contributed by atoms with Gasteiger partial charge in [0.2, 0.25) is 10.0 Å². The molecule has 8 heteroatoms. The van der Waals surface area contributed by atoms with Crippen LogP contribution in [0.25, 0.3) is 0 Å². The van der Waals surface area contributed by atoms with Gasteiger partial charge in [-0.05, 0) is 36.2 Å². The molecule has 3 aromatic carbocycles. The molecule has 1 atom stereocenters. The zero-order chi connectivity index (χ0) is 24.8. The number of carbonyl (C=O) groups is 1. The van der Waals surface area contributed by atoms with Gasteiger partial charge in [0.05, 0.1) is 17.6 Å².